The smallest absolute Gasteiger partial charge is 0.306 e. The van der Waals surface area contributed by atoms with Crippen LogP contribution in [0.25, 0.3) is 0 Å². The van der Waals surface area contributed by atoms with Crippen molar-refractivity contribution in [2.24, 2.45) is 0 Å². The third-order valence-electron chi connectivity index (χ3n) is 14.6. The molecule has 0 aromatic carbocycles. The number of phosphoric ester groups is 1. The van der Waals surface area contributed by atoms with E-state index in [9.17, 15) is 19.0 Å². The lowest BCUT2D eigenvalue weighted by molar-refractivity contribution is -0.870. The molecule has 0 fully saturated rings. The summed E-state index contributed by atoms with van der Waals surface area (Å²) in [7, 11) is 1.18. The Morgan fingerprint density at radius 3 is 1.18 bits per heavy atom. The molecule has 9 nitrogen and oxygen atoms in total. The number of quaternary nitrogens is 1. The minimum absolute atomic E-state index is 0.0262. The van der Waals surface area contributed by atoms with Crippen molar-refractivity contribution in [2.75, 3.05) is 40.9 Å². The minimum Gasteiger partial charge on any atom is -0.756 e. The minimum atomic E-state index is -4.71. The lowest BCUT2D eigenvalue weighted by Gasteiger charge is -2.30. The average Bonchev–Trinajstić information content (AvgIpc) is 3.41. The highest BCUT2D eigenvalue weighted by atomic mass is 31.2. The summed E-state index contributed by atoms with van der Waals surface area (Å²) in [5.41, 5.74) is 0. The fourth-order valence-corrected chi connectivity index (χ4v) is 10.2. The number of nitrogens with one attached hydrogen (secondary N) is 1. The van der Waals surface area contributed by atoms with Crippen molar-refractivity contribution in [3.05, 3.63) is 72.9 Å². The lowest BCUT2D eigenvalue weighted by Crippen LogP contribution is -2.47. The second-order valence-electron chi connectivity index (χ2n) is 23.6. The summed E-state index contributed by atoms with van der Waals surface area (Å²) >= 11 is 0. The van der Waals surface area contributed by atoms with Crippen molar-refractivity contribution in [1.29, 1.82) is 0 Å². The molecule has 1 amide bonds. The number of unbranched alkanes of at least 4 members (excludes halogenated alkanes) is 34. The maximum absolute atomic E-state index is 13.6. The number of amides is 1. The molecule has 3 atom stereocenters. The van der Waals surface area contributed by atoms with E-state index in [1.807, 2.05) is 33.3 Å². The first-order valence-electron chi connectivity index (χ1n) is 33.2. The van der Waals surface area contributed by atoms with Crippen LogP contribution in [0.15, 0.2) is 72.9 Å². The Balaban J connectivity index is 5.23. The molecule has 0 saturated carbocycles. The third kappa shape index (κ3) is 59.9. The van der Waals surface area contributed by atoms with Gasteiger partial charge in [0.15, 0.2) is 0 Å². The number of esters is 1. The molecule has 79 heavy (non-hydrogen) atoms. The van der Waals surface area contributed by atoms with Crippen LogP contribution in [-0.4, -0.2) is 69.4 Å². The number of likely N-dealkylation sites (N-methyl/N-ethyl adjacent to an activating group) is 1. The molecule has 0 saturated heterocycles. The summed E-state index contributed by atoms with van der Waals surface area (Å²) in [5.74, 6) is -0.548. The van der Waals surface area contributed by atoms with Crippen molar-refractivity contribution in [2.45, 2.75) is 315 Å². The van der Waals surface area contributed by atoms with E-state index in [1.54, 1.807) is 0 Å². The van der Waals surface area contributed by atoms with Gasteiger partial charge in [0.2, 0.25) is 5.91 Å². The van der Waals surface area contributed by atoms with Crippen LogP contribution < -0.4 is 10.2 Å². The zero-order chi connectivity index (χ0) is 57.9. The van der Waals surface area contributed by atoms with Crippen LogP contribution >= 0.6 is 7.82 Å². The molecule has 1 N–H and O–H groups in total. The van der Waals surface area contributed by atoms with E-state index >= 15 is 0 Å². The van der Waals surface area contributed by atoms with Crippen LogP contribution in [0.2, 0.25) is 0 Å². The van der Waals surface area contributed by atoms with Crippen LogP contribution in [0.4, 0.5) is 0 Å². The Hall–Kier alpha value is -2.55. The molecule has 10 heteroatoms. The molecule has 0 radical (unpaired) electrons. The molecule has 0 spiro atoms. The fourth-order valence-electron chi connectivity index (χ4n) is 9.44. The molecule has 0 aromatic heterocycles. The maximum atomic E-state index is 13.6. The van der Waals surface area contributed by atoms with Crippen molar-refractivity contribution in [1.82, 2.24) is 5.32 Å². The maximum Gasteiger partial charge on any atom is 0.306 e. The van der Waals surface area contributed by atoms with Gasteiger partial charge in [-0.3, -0.25) is 14.2 Å². The largest absolute Gasteiger partial charge is 0.756 e. The molecule has 0 aliphatic carbocycles. The van der Waals surface area contributed by atoms with Gasteiger partial charge in [-0.15, -0.1) is 0 Å². The van der Waals surface area contributed by atoms with Crippen LogP contribution in [0.5, 0.6) is 0 Å². The van der Waals surface area contributed by atoms with Gasteiger partial charge in [0, 0.05) is 12.8 Å². The average molecular weight is 1130 g/mol. The predicted molar refractivity (Wildman–Crippen MR) is 339 cm³/mol. The summed E-state index contributed by atoms with van der Waals surface area (Å²) < 4.78 is 30.4. The summed E-state index contributed by atoms with van der Waals surface area (Å²) in [6, 6.07) is -0.897. The molecule has 0 bridgehead atoms. The number of rotatable bonds is 60. The van der Waals surface area contributed by atoms with Crippen LogP contribution in [0.1, 0.15) is 303 Å². The number of nitrogens with zero attached hydrogens (tertiary/aromatic N) is 1. The van der Waals surface area contributed by atoms with Gasteiger partial charge in [-0.1, -0.05) is 261 Å². The highest BCUT2D eigenvalue weighted by Gasteiger charge is 2.27. The number of carbonyl (C=O) groups is 2. The SMILES string of the molecule is CCCCC/C=C\C/C=C\C/C=C\CCCCCCCCCCC(=O)OC(/C=C/CCCCCCCCCCCCC)C(COP(=O)([O-])OCC[N+](C)(C)C)NC(=O)CCCCCCCCCCC/C=C\C/C=C\CCCCC. The van der Waals surface area contributed by atoms with E-state index in [0.717, 1.165) is 103 Å². The van der Waals surface area contributed by atoms with Crippen molar-refractivity contribution < 1.29 is 37.3 Å². The number of carbonyl (C=O) groups excluding carboxylic acids is 2. The van der Waals surface area contributed by atoms with Gasteiger partial charge in [-0.05, 0) is 102 Å². The first-order valence-corrected chi connectivity index (χ1v) is 34.7. The molecule has 460 valence electrons. The fraction of sp³-hybridized carbons (Fsp3) is 0.797. The molecular formula is C69H127N2O7P. The molecule has 0 aliphatic heterocycles. The Morgan fingerprint density at radius 2 is 0.772 bits per heavy atom. The summed E-state index contributed by atoms with van der Waals surface area (Å²) in [4.78, 5) is 40.1. The van der Waals surface area contributed by atoms with Gasteiger partial charge in [0.05, 0.1) is 33.8 Å². The molecular weight excluding hydrogens is 1000 g/mol. The Labute approximate surface area is 489 Å². The first-order chi connectivity index (χ1) is 38.4. The highest BCUT2D eigenvalue weighted by Crippen LogP contribution is 2.38. The molecule has 0 aromatic rings. The third-order valence-corrected chi connectivity index (χ3v) is 15.6. The second-order valence-corrected chi connectivity index (χ2v) is 25.0. The van der Waals surface area contributed by atoms with Crippen LogP contribution in [0.3, 0.4) is 0 Å². The molecule has 0 rings (SSSR count). The number of phosphoric acid groups is 1. The summed E-state index contributed by atoms with van der Waals surface area (Å²) in [6.07, 6.45) is 75.7. The quantitative estimate of drug-likeness (QED) is 0.0212. The number of hydrogen-bond acceptors (Lipinski definition) is 7. The van der Waals surface area contributed by atoms with E-state index in [4.69, 9.17) is 13.8 Å². The second kappa shape index (κ2) is 58.6. The zero-order valence-corrected chi connectivity index (χ0v) is 53.5. The van der Waals surface area contributed by atoms with Gasteiger partial charge in [0.25, 0.3) is 7.82 Å². The van der Waals surface area contributed by atoms with Gasteiger partial charge in [-0.2, -0.15) is 0 Å². The Bertz CT molecular complexity index is 1580. The number of ether oxygens (including phenoxy) is 1. The normalized spacial score (nSPS) is 14.1. The van der Waals surface area contributed by atoms with Gasteiger partial charge >= 0.3 is 5.97 Å². The van der Waals surface area contributed by atoms with Crippen LogP contribution in [0, 0.1) is 0 Å². The van der Waals surface area contributed by atoms with Crippen molar-refractivity contribution >= 4 is 19.7 Å². The zero-order valence-electron chi connectivity index (χ0n) is 52.6. The predicted octanol–water partition coefficient (Wildman–Crippen LogP) is 20.2. The van der Waals surface area contributed by atoms with E-state index in [1.165, 1.54) is 167 Å². The molecule has 3 unspecified atom stereocenters. The summed E-state index contributed by atoms with van der Waals surface area (Å²) in [5, 5.41) is 3.04. The Morgan fingerprint density at radius 1 is 0.443 bits per heavy atom. The van der Waals surface area contributed by atoms with Crippen molar-refractivity contribution in [3.63, 3.8) is 0 Å². The van der Waals surface area contributed by atoms with Gasteiger partial charge in [-0.25, -0.2) is 0 Å². The first kappa shape index (κ1) is 76.5. The molecule has 0 aliphatic rings. The standard InChI is InChI=1S/C69H127N2O7P/c1-7-10-13-16-19-22-25-28-30-32-34-35-37-39-41-44-47-50-53-56-59-62-69(73)78-67(60-57-54-51-48-45-42-27-24-21-18-15-12-9-3)66(65-77-79(74,75)76-64-63-71(4,5)6)70-68(72)61-58-55-52-49-46-43-40-38-36-33-31-29-26-23-20-17-14-11-8-2/h19-20,22-23,28-31,34-35,57,60,66-67H,7-18,21,24-27,32-33,36-56,58-59,61-65H2,1-6H3,(H-,70,72,74,75)/b22-19-,23-20-,30-28-,31-29-,35-34-,60-57+. The lowest BCUT2D eigenvalue weighted by atomic mass is 10.0. The van der Waals surface area contributed by atoms with E-state index < -0.39 is 26.6 Å². The van der Waals surface area contributed by atoms with Crippen molar-refractivity contribution in [3.8, 4) is 0 Å². The van der Waals surface area contributed by atoms with Gasteiger partial charge < -0.3 is 28.5 Å². The number of allylic oxidation sites excluding steroid dienone is 11. The number of hydrogen-bond donors (Lipinski definition) is 1. The molecule has 0 heterocycles. The van der Waals surface area contributed by atoms with E-state index in [-0.39, 0.29) is 24.9 Å². The van der Waals surface area contributed by atoms with Crippen LogP contribution in [-0.2, 0) is 27.9 Å². The Kier molecular flexibility index (Phi) is 56.7. The van der Waals surface area contributed by atoms with E-state index in [0.29, 0.717) is 17.4 Å². The highest BCUT2D eigenvalue weighted by molar-refractivity contribution is 7.45. The monoisotopic (exact) mass is 1130 g/mol. The van der Waals surface area contributed by atoms with Gasteiger partial charge in [0.1, 0.15) is 19.3 Å². The summed E-state index contributed by atoms with van der Waals surface area (Å²) in [6.45, 7) is 6.81. The topological polar surface area (TPSA) is 114 Å². The van der Waals surface area contributed by atoms with E-state index in [2.05, 4.69) is 86.8 Å².